The first-order valence-electron chi connectivity index (χ1n) is 7.40. The summed E-state index contributed by atoms with van der Waals surface area (Å²) in [5.74, 6) is 0.883. The zero-order chi connectivity index (χ0) is 19.1. The van der Waals surface area contributed by atoms with E-state index in [-0.39, 0.29) is 5.95 Å². The van der Waals surface area contributed by atoms with Gasteiger partial charge in [0, 0.05) is 28.2 Å². The van der Waals surface area contributed by atoms with Crippen molar-refractivity contribution in [2.75, 3.05) is 50.0 Å². The third kappa shape index (κ3) is 6.03. The molecule has 0 fully saturated rings. The van der Waals surface area contributed by atoms with E-state index in [0.717, 1.165) is 6.21 Å². The summed E-state index contributed by atoms with van der Waals surface area (Å²) in [6.45, 7) is -0.758. The van der Waals surface area contributed by atoms with Crippen LogP contribution in [0.15, 0.2) is 5.10 Å². The standard InChI is InChI=1S/C13H25N7O5/c1-19(2)12-15-11(16-13(17-12)20(3)4)18-14-5-7(22)9(24)10(25)8(23)6-21/h5,7-10,21-25H,6H2,1-4H3,(H,15,16,17,18)/b14-5+/t7-,8+,9-,10+/m0/s1. The molecule has 0 aliphatic heterocycles. The highest BCUT2D eigenvalue weighted by Gasteiger charge is 2.29. The van der Waals surface area contributed by atoms with Crippen LogP contribution in [0.2, 0.25) is 0 Å². The number of rotatable bonds is 9. The van der Waals surface area contributed by atoms with E-state index >= 15 is 0 Å². The normalized spacial score (nSPS) is 16.4. The number of aliphatic hydroxyl groups is 5. The van der Waals surface area contributed by atoms with Crippen LogP contribution in [0.3, 0.4) is 0 Å². The van der Waals surface area contributed by atoms with Gasteiger partial charge in [-0.15, -0.1) is 0 Å². The van der Waals surface area contributed by atoms with Gasteiger partial charge in [0.15, 0.2) is 0 Å². The fourth-order valence-corrected chi connectivity index (χ4v) is 1.60. The number of nitrogens with zero attached hydrogens (tertiary/aromatic N) is 6. The molecule has 142 valence electrons. The third-order valence-electron chi connectivity index (χ3n) is 3.08. The van der Waals surface area contributed by atoms with Gasteiger partial charge in [-0.05, 0) is 0 Å². The van der Waals surface area contributed by atoms with Gasteiger partial charge in [0.2, 0.25) is 17.8 Å². The predicted octanol–water partition coefficient (Wildman–Crippen LogP) is -3.16. The Balaban J connectivity index is 2.81. The van der Waals surface area contributed by atoms with E-state index in [1.54, 1.807) is 38.0 Å². The summed E-state index contributed by atoms with van der Waals surface area (Å²) in [7, 11) is 7.04. The second-order valence-corrected chi connectivity index (χ2v) is 5.66. The van der Waals surface area contributed by atoms with E-state index < -0.39 is 31.0 Å². The maximum absolute atomic E-state index is 9.73. The summed E-state index contributed by atoms with van der Waals surface area (Å²) in [6.07, 6.45) is -5.73. The Kier molecular flexibility index (Phi) is 7.86. The summed E-state index contributed by atoms with van der Waals surface area (Å²) in [5.41, 5.74) is 2.49. The second kappa shape index (κ2) is 9.39. The largest absolute Gasteiger partial charge is 0.394 e. The summed E-state index contributed by atoms with van der Waals surface area (Å²) < 4.78 is 0. The molecule has 6 N–H and O–H groups in total. The maximum Gasteiger partial charge on any atom is 0.250 e. The Morgan fingerprint density at radius 2 is 1.48 bits per heavy atom. The minimum absolute atomic E-state index is 0.108. The number of hydrazone groups is 1. The molecule has 0 aromatic carbocycles. The van der Waals surface area contributed by atoms with E-state index in [0.29, 0.717) is 11.9 Å². The van der Waals surface area contributed by atoms with Gasteiger partial charge in [-0.2, -0.15) is 20.1 Å². The van der Waals surface area contributed by atoms with Crippen molar-refractivity contribution in [3.8, 4) is 0 Å². The quantitative estimate of drug-likeness (QED) is 0.194. The molecule has 0 bridgehead atoms. The van der Waals surface area contributed by atoms with Crippen LogP contribution in [0.1, 0.15) is 0 Å². The average molecular weight is 359 g/mol. The van der Waals surface area contributed by atoms with Crippen LogP contribution < -0.4 is 15.2 Å². The summed E-state index contributed by atoms with van der Waals surface area (Å²) in [4.78, 5) is 15.8. The molecule has 0 aliphatic carbocycles. The van der Waals surface area contributed by atoms with Crippen molar-refractivity contribution >= 4 is 24.1 Å². The fourth-order valence-electron chi connectivity index (χ4n) is 1.60. The highest BCUT2D eigenvalue weighted by Crippen LogP contribution is 2.13. The molecule has 0 unspecified atom stereocenters. The Labute approximate surface area is 145 Å². The lowest BCUT2D eigenvalue weighted by atomic mass is 10.0. The van der Waals surface area contributed by atoms with Crippen molar-refractivity contribution in [2.45, 2.75) is 24.4 Å². The molecule has 0 saturated carbocycles. The van der Waals surface area contributed by atoms with Gasteiger partial charge in [-0.3, -0.25) is 0 Å². The van der Waals surface area contributed by atoms with Gasteiger partial charge < -0.3 is 35.3 Å². The van der Waals surface area contributed by atoms with E-state index in [4.69, 9.17) is 5.11 Å². The minimum Gasteiger partial charge on any atom is -0.394 e. The predicted molar refractivity (Wildman–Crippen MR) is 91.7 cm³/mol. The first-order valence-corrected chi connectivity index (χ1v) is 7.40. The molecular weight excluding hydrogens is 334 g/mol. The Hall–Kier alpha value is -2.12. The number of hydrogen-bond donors (Lipinski definition) is 6. The van der Waals surface area contributed by atoms with E-state index in [1.807, 2.05) is 0 Å². The molecule has 12 nitrogen and oxygen atoms in total. The zero-order valence-corrected chi connectivity index (χ0v) is 14.5. The van der Waals surface area contributed by atoms with Crippen molar-refractivity contribution in [1.82, 2.24) is 15.0 Å². The molecular formula is C13H25N7O5. The monoisotopic (exact) mass is 359 g/mol. The first kappa shape index (κ1) is 20.9. The van der Waals surface area contributed by atoms with Crippen LogP contribution in [0.25, 0.3) is 0 Å². The van der Waals surface area contributed by atoms with Crippen molar-refractivity contribution < 1.29 is 25.5 Å². The van der Waals surface area contributed by atoms with E-state index in [9.17, 15) is 20.4 Å². The average Bonchev–Trinajstić information content (AvgIpc) is 2.59. The van der Waals surface area contributed by atoms with Gasteiger partial charge in [-0.1, -0.05) is 0 Å². The molecule has 0 radical (unpaired) electrons. The molecule has 4 atom stereocenters. The van der Waals surface area contributed by atoms with Crippen LogP contribution in [0.5, 0.6) is 0 Å². The Morgan fingerprint density at radius 3 is 1.92 bits per heavy atom. The maximum atomic E-state index is 9.73. The molecule has 0 saturated heterocycles. The summed E-state index contributed by atoms with van der Waals surface area (Å²) >= 11 is 0. The molecule has 0 aliphatic rings. The SMILES string of the molecule is CN(C)c1nc(N/N=C/[C@H](O)[C@H](O)[C@H](O)[C@H](O)CO)nc(N(C)C)n1. The topological polar surface area (TPSA) is 171 Å². The van der Waals surface area contributed by atoms with Crippen LogP contribution in [-0.2, 0) is 0 Å². The van der Waals surface area contributed by atoms with Gasteiger partial charge in [0.1, 0.15) is 24.4 Å². The lowest BCUT2D eigenvalue weighted by Crippen LogP contribution is -2.46. The lowest BCUT2D eigenvalue weighted by Gasteiger charge is -2.23. The van der Waals surface area contributed by atoms with Crippen LogP contribution in [-0.4, -0.2) is 106 Å². The molecule has 0 spiro atoms. The number of nitrogens with one attached hydrogen (secondary N) is 1. The van der Waals surface area contributed by atoms with Gasteiger partial charge in [0.25, 0.3) is 0 Å². The minimum atomic E-state index is -1.74. The van der Waals surface area contributed by atoms with E-state index in [1.165, 1.54) is 0 Å². The number of anilines is 3. The van der Waals surface area contributed by atoms with Crippen molar-refractivity contribution in [3.63, 3.8) is 0 Å². The summed E-state index contributed by atoms with van der Waals surface area (Å²) in [6, 6.07) is 0. The molecule has 12 heteroatoms. The van der Waals surface area contributed by atoms with Crippen molar-refractivity contribution in [1.29, 1.82) is 0 Å². The molecule has 1 heterocycles. The summed E-state index contributed by atoms with van der Waals surface area (Å²) in [5, 5.41) is 50.6. The highest BCUT2D eigenvalue weighted by molar-refractivity contribution is 5.64. The van der Waals surface area contributed by atoms with Crippen LogP contribution in [0, 0.1) is 0 Å². The number of hydrogen-bond acceptors (Lipinski definition) is 12. The fraction of sp³-hybridized carbons (Fsp3) is 0.692. The Morgan fingerprint density at radius 1 is 0.960 bits per heavy atom. The smallest absolute Gasteiger partial charge is 0.250 e. The van der Waals surface area contributed by atoms with E-state index in [2.05, 4.69) is 25.5 Å². The third-order valence-corrected chi connectivity index (χ3v) is 3.08. The molecule has 0 amide bonds. The molecule has 25 heavy (non-hydrogen) atoms. The van der Waals surface area contributed by atoms with Gasteiger partial charge >= 0.3 is 0 Å². The van der Waals surface area contributed by atoms with Gasteiger partial charge in [0.05, 0.1) is 12.8 Å². The Bertz CT molecular complexity index is 545. The van der Waals surface area contributed by atoms with Crippen LogP contribution in [0.4, 0.5) is 17.8 Å². The highest BCUT2D eigenvalue weighted by atomic mass is 16.4. The zero-order valence-electron chi connectivity index (χ0n) is 14.5. The molecule has 1 rings (SSSR count). The second-order valence-electron chi connectivity index (χ2n) is 5.66. The first-order chi connectivity index (χ1) is 11.7. The van der Waals surface area contributed by atoms with Crippen molar-refractivity contribution in [2.24, 2.45) is 5.10 Å². The molecule has 1 aromatic rings. The number of aliphatic hydroxyl groups excluding tert-OH is 5. The number of aromatic nitrogens is 3. The van der Waals surface area contributed by atoms with Gasteiger partial charge in [-0.25, -0.2) is 5.43 Å². The van der Waals surface area contributed by atoms with Crippen molar-refractivity contribution in [3.05, 3.63) is 0 Å². The lowest BCUT2D eigenvalue weighted by molar-refractivity contribution is -0.0999. The van der Waals surface area contributed by atoms with Crippen LogP contribution >= 0.6 is 0 Å². The molecule has 1 aromatic heterocycles.